The van der Waals surface area contributed by atoms with Gasteiger partial charge in [0, 0.05) is 10.9 Å². The Bertz CT molecular complexity index is 969. The topological polar surface area (TPSA) is 91.7 Å². The molecular formula is C20H23N3O4. The van der Waals surface area contributed by atoms with Crippen LogP contribution >= 0.6 is 0 Å². The molecule has 1 spiro atoms. The van der Waals surface area contributed by atoms with E-state index >= 15 is 0 Å². The zero-order chi connectivity index (χ0) is 19.3. The smallest absolute Gasteiger partial charge is 0.344 e. The van der Waals surface area contributed by atoms with Crippen molar-refractivity contribution in [3.05, 3.63) is 34.6 Å². The Kier molecular flexibility index (Phi) is 3.98. The first-order chi connectivity index (χ1) is 12.8. The highest BCUT2D eigenvalue weighted by molar-refractivity contribution is 6.09. The number of imide groups is 1. The average molecular weight is 369 g/mol. The Balaban J connectivity index is 1.63. The van der Waals surface area contributed by atoms with Gasteiger partial charge in [0.2, 0.25) is 0 Å². The number of carbonyl (C=O) groups is 3. The van der Waals surface area contributed by atoms with Gasteiger partial charge < -0.3 is 9.73 Å². The predicted molar refractivity (Wildman–Crippen MR) is 99.1 cm³/mol. The lowest BCUT2D eigenvalue weighted by Crippen LogP contribution is -2.51. The maximum atomic E-state index is 12.8. The van der Waals surface area contributed by atoms with Crippen molar-refractivity contribution in [1.82, 2.24) is 15.8 Å². The Morgan fingerprint density at radius 1 is 1.11 bits per heavy atom. The van der Waals surface area contributed by atoms with Gasteiger partial charge >= 0.3 is 11.9 Å². The zero-order valence-electron chi connectivity index (χ0n) is 15.8. The molecule has 4 rings (SSSR count). The molecule has 142 valence electrons. The molecule has 7 heteroatoms. The van der Waals surface area contributed by atoms with Gasteiger partial charge in [-0.3, -0.25) is 9.59 Å². The van der Waals surface area contributed by atoms with Gasteiger partial charge in [0.25, 0.3) is 5.91 Å². The first-order valence-electron chi connectivity index (χ1n) is 9.31. The quantitative estimate of drug-likeness (QED) is 0.795. The first-order valence-corrected chi connectivity index (χ1v) is 9.31. The van der Waals surface area contributed by atoms with Crippen LogP contribution in [0.25, 0.3) is 11.0 Å². The number of amides is 4. The minimum absolute atomic E-state index is 0.118. The van der Waals surface area contributed by atoms with Gasteiger partial charge in [-0.05, 0) is 44.7 Å². The standard InChI is InChI=1S/C20H23N3O4/c1-11-7-8-12(2)15-14(11)13(3)16(27-15)17(24)22-23-18(25)20(21-19(23)26)9-5-4-6-10-20/h7-8H,4-6,9-10H2,1-3H3,(H,21,26)(H,22,24). The molecular weight excluding hydrogens is 346 g/mol. The minimum atomic E-state index is -0.876. The van der Waals surface area contributed by atoms with Crippen molar-refractivity contribution in [1.29, 1.82) is 0 Å². The van der Waals surface area contributed by atoms with Crippen LogP contribution in [-0.2, 0) is 4.79 Å². The second-order valence-corrected chi connectivity index (χ2v) is 7.61. The van der Waals surface area contributed by atoms with E-state index in [9.17, 15) is 14.4 Å². The van der Waals surface area contributed by atoms with Crippen molar-refractivity contribution in [3.8, 4) is 0 Å². The minimum Gasteiger partial charge on any atom is -0.450 e. The Morgan fingerprint density at radius 3 is 2.44 bits per heavy atom. The van der Waals surface area contributed by atoms with E-state index in [0.29, 0.717) is 24.0 Å². The fourth-order valence-electron chi connectivity index (χ4n) is 4.26. The summed E-state index contributed by atoms with van der Waals surface area (Å²) in [7, 11) is 0. The van der Waals surface area contributed by atoms with Crippen molar-refractivity contribution in [3.63, 3.8) is 0 Å². The Hall–Kier alpha value is -2.83. The van der Waals surface area contributed by atoms with Gasteiger partial charge in [-0.15, -0.1) is 0 Å². The number of furan rings is 1. The van der Waals surface area contributed by atoms with Crippen LogP contribution in [0.3, 0.4) is 0 Å². The molecule has 0 atom stereocenters. The van der Waals surface area contributed by atoms with E-state index in [4.69, 9.17) is 4.42 Å². The second kappa shape index (κ2) is 6.11. The molecule has 2 N–H and O–H groups in total. The van der Waals surface area contributed by atoms with Crippen LogP contribution in [0.4, 0.5) is 4.79 Å². The number of hydrogen-bond donors (Lipinski definition) is 2. The lowest BCUT2D eigenvalue weighted by molar-refractivity contribution is -0.134. The number of benzene rings is 1. The molecule has 2 aromatic rings. The highest BCUT2D eigenvalue weighted by Crippen LogP contribution is 2.34. The highest BCUT2D eigenvalue weighted by Gasteiger charge is 2.52. The molecule has 1 aliphatic heterocycles. The summed E-state index contributed by atoms with van der Waals surface area (Å²) in [6.45, 7) is 5.68. The van der Waals surface area contributed by atoms with E-state index in [0.717, 1.165) is 40.8 Å². The van der Waals surface area contributed by atoms with Gasteiger partial charge in [0.05, 0.1) is 0 Å². The molecule has 1 saturated heterocycles. The lowest BCUT2D eigenvalue weighted by atomic mass is 9.82. The van der Waals surface area contributed by atoms with Crippen LogP contribution in [0.15, 0.2) is 16.5 Å². The maximum Gasteiger partial charge on any atom is 0.344 e. The summed E-state index contributed by atoms with van der Waals surface area (Å²) in [5.74, 6) is -0.867. The average Bonchev–Trinajstić information content (AvgIpc) is 3.10. The largest absolute Gasteiger partial charge is 0.450 e. The number of fused-ring (bicyclic) bond motifs is 1. The normalized spacial score (nSPS) is 19.0. The number of hydrogen-bond acceptors (Lipinski definition) is 4. The fourth-order valence-corrected chi connectivity index (χ4v) is 4.26. The van der Waals surface area contributed by atoms with Crippen molar-refractivity contribution >= 4 is 28.8 Å². The molecule has 2 aliphatic rings. The van der Waals surface area contributed by atoms with Crippen LogP contribution in [0.1, 0.15) is 59.3 Å². The fraction of sp³-hybridized carbons (Fsp3) is 0.450. The van der Waals surface area contributed by atoms with E-state index in [1.54, 1.807) is 0 Å². The van der Waals surface area contributed by atoms with Crippen LogP contribution in [-0.4, -0.2) is 28.4 Å². The van der Waals surface area contributed by atoms with Crippen molar-refractivity contribution < 1.29 is 18.8 Å². The number of nitrogens with one attached hydrogen (secondary N) is 2. The number of carbonyl (C=O) groups excluding carboxylic acids is 3. The lowest BCUT2D eigenvalue weighted by Gasteiger charge is -2.30. The molecule has 1 aromatic heterocycles. The van der Waals surface area contributed by atoms with E-state index in [2.05, 4.69) is 10.7 Å². The van der Waals surface area contributed by atoms with E-state index in [1.165, 1.54) is 0 Å². The summed E-state index contributed by atoms with van der Waals surface area (Å²) in [6.07, 6.45) is 4.02. The molecule has 0 unspecified atom stereocenters. The summed E-state index contributed by atoms with van der Waals surface area (Å²) in [5, 5.41) is 4.47. The molecule has 7 nitrogen and oxygen atoms in total. The molecule has 27 heavy (non-hydrogen) atoms. The molecule has 1 saturated carbocycles. The third-order valence-corrected chi connectivity index (χ3v) is 5.77. The van der Waals surface area contributed by atoms with Crippen LogP contribution in [0.5, 0.6) is 0 Å². The maximum absolute atomic E-state index is 12.8. The Morgan fingerprint density at radius 2 is 1.78 bits per heavy atom. The van der Waals surface area contributed by atoms with Crippen LogP contribution in [0, 0.1) is 20.8 Å². The van der Waals surface area contributed by atoms with Gasteiger partial charge in [0.1, 0.15) is 11.1 Å². The van der Waals surface area contributed by atoms with Gasteiger partial charge in [-0.1, -0.05) is 31.4 Å². The third-order valence-electron chi connectivity index (χ3n) is 5.77. The van der Waals surface area contributed by atoms with Crippen molar-refractivity contribution in [2.45, 2.75) is 58.4 Å². The zero-order valence-corrected chi connectivity index (χ0v) is 15.8. The summed E-state index contributed by atoms with van der Waals surface area (Å²) in [5.41, 5.74) is 4.85. The summed E-state index contributed by atoms with van der Waals surface area (Å²) in [4.78, 5) is 38.0. The number of hydrazine groups is 1. The monoisotopic (exact) mass is 369 g/mol. The first kappa shape index (κ1) is 17.6. The van der Waals surface area contributed by atoms with Gasteiger partial charge in [0.15, 0.2) is 5.76 Å². The molecule has 2 heterocycles. The van der Waals surface area contributed by atoms with E-state index < -0.39 is 17.5 Å². The highest BCUT2D eigenvalue weighted by atomic mass is 16.3. The van der Waals surface area contributed by atoms with E-state index in [-0.39, 0.29) is 11.7 Å². The predicted octanol–water partition coefficient (Wildman–Crippen LogP) is 3.26. The molecule has 0 bridgehead atoms. The number of urea groups is 1. The van der Waals surface area contributed by atoms with Crippen LogP contribution < -0.4 is 10.7 Å². The molecule has 0 radical (unpaired) electrons. The third kappa shape index (κ3) is 2.60. The van der Waals surface area contributed by atoms with Crippen molar-refractivity contribution in [2.24, 2.45) is 0 Å². The summed E-state index contributed by atoms with van der Waals surface area (Å²) >= 11 is 0. The Labute approximate surface area is 157 Å². The molecule has 2 fully saturated rings. The molecule has 4 amide bonds. The summed E-state index contributed by atoms with van der Waals surface area (Å²) < 4.78 is 5.81. The van der Waals surface area contributed by atoms with Gasteiger partial charge in [-0.2, -0.15) is 5.01 Å². The molecule has 1 aromatic carbocycles. The van der Waals surface area contributed by atoms with Crippen molar-refractivity contribution in [2.75, 3.05) is 0 Å². The van der Waals surface area contributed by atoms with E-state index in [1.807, 2.05) is 32.9 Å². The second-order valence-electron chi connectivity index (χ2n) is 7.61. The number of rotatable bonds is 2. The van der Waals surface area contributed by atoms with Crippen LogP contribution in [0.2, 0.25) is 0 Å². The number of aryl methyl sites for hydroxylation is 3. The van der Waals surface area contributed by atoms with Gasteiger partial charge in [-0.25, -0.2) is 10.2 Å². The SMILES string of the molecule is Cc1ccc(C)c2c(C)c(C(=O)NN3C(=O)NC4(CCCCC4)C3=O)oc12. The summed E-state index contributed by atoms with van der Waals surface area (Å²) in [6, 6.07) is 3.33. The number of nitrogens with zero attached hydrogens (tertiary/aromatic N) is 1. The molecule has 1 aliphatic carbocycles.